The van der Waals surface area contributed by atoms with Gasteiger partial charge in [-0.3, -0.25) is 14.7 Å². The second-order valence-electron chi connectivity index (χ2n) is 8.38. The standard InChI is InChI=1S/C27H31N3O/c31-27(29-24-16-8-3-9-17-24)26(25-18-10-11-19-28-25)30(20-22-12-4-1-5-13-22)21-23-14-6-2-7-15-23/h1-2,4-7,10-15,18-19,24,26H,3,8-9,16-17,20-21H2,(H,29,31). The Kier molecular flexibility index (Phi) is 7.46. The minimum atomic E-state index is -0.441. The highest BCUT2D eigenvalue weighted by Gasteiger charge is 2.31. The van der Waals surface area contributed by atoms with Gasteiger partial charge in [-0.15, -0.1) is 0 Å². The van der Waals surface area contributed by atoms with Gasteiger partial charge in [0.15, 0.2) is 0 Å². The number of hydrogen-bond acceptors (Lipinski definition) is 3. The van der Waals surface area contributed by atoms with Gasteiger partial charge >= 0.3 is 0 Å². The van der Waals surface area contributed by atoms with E-state index in [1.54, 1.807) is 6.20 Å². The number of aromatic nitrogens is 1. The molecular formula is C27H31N3O. The van der Waals surface area contributed by atoms with Crippen LogP contribution >= 0.6 is 0 Å². The molecule has 3 aromatic rings. The number of carbonyl (C=O) groups excluding carboxylic acids is 1. The third-order valence-electron chi connectivity index (χ3n) is 5.99. The first-order valence-corrected chi connectivity index (χ1v) is 11.3. The molecule has 31 heavy (non-hydrogen) atoms. The predicted octanol–water partition coefficient (Wildman–Crippen LogP) is 5.27. The lowest BCUT2D eigenvalue weighted by atomic mass is 9.95. The summed E-state index contributed by atoms with van der Waals surface area (Å²) in [5.41, 5.74) is 3.16. The van der Waals surface area contributed by atoms with Crippen molar-refractivity contribution < 1.29 is 4.79 Å². The summed E-state index contributed by atoms with van der Waals surface area (Å²) < 4.78 is 0. The lowest BCUT2D eigenvalue weighted by molar-refractivity contribution is -0.128. The number of benzene rings is 2. The van der Waals surface area contributed by atoms with Crippen molar-refractivity contribution in [3.63, 3.8) is 0 Å². The van der Waals surface area contributed by atoms with Crippen LogP contribution in [-0.2, 0) is 17.9 Å². The molecule has 4 rings (SSSR count). The summed E-state index contributed by atoms with van der Waals surface area (Å²) in [4.78, 5) is 20.5. The fraction of sp³-hybridized carbons (Fsp3) is 0.333. The minimum absolute atomic E-state index is 0.0532. The van der Waals surface area contributed by atoms with Crippen LogP contribution < -0.4 is 5.32 Å². The predicted molar refractivity (Wildman–Crippen MR) is 124 cm³/mol. The van der Waals surface area contributed by atoms with Crippen LogP contribution in [0.1, 0.15) is 55.0 Å². The second kappa shape index (κ2) is 10.9. The Hall–Kier alpha value is -2.98. The molecule has 1 aromatic heterocycles. The number of pyridine rings is 1. The molecule has 1 aliphatic rings. The smallest absolute Gasteiger partial charge is 0.243 e. The topological polar surface area (TPSA) is 45.2 Å². The molecule has 1 amide bonds. The Bertz CT molecular complexity index is 883. The molecule has 1 atom stereocenters. The summed E-state index contributed by atoms with van der Waals surface area (Å²) in [7, 11) is 0. The van der Waals surface area contributed by atoms with Crippen molar-refractivity contribution in [3.8, 4) is 0 Å². The summed E-state index contributed by atoms with van der Waals surface area (Å²) >= 11 is 0. The maximum Gasteiger partial charge on any atom is 0.243 e. The van der Waals surface area contributed by atoms with Gasteiger partial charge in [0, 0.05) is 25.3 Å². The zero-order valence-electron chi connectivity index (χ0n) is 18.0. The molecule has 1 fully saturated rings. The van der Waals surface area contributed by atoms with Gasteiger partial charge in [0.25, 0.3) is 0 Å². The first-order chi connectivity index (χ1) is 15.3. The molecule has 0 spiro atoms. The zero-order chi connectivity index (χ0) is 21.3. The van der Waals surface area contributed by atoms with Crippen molar-refractivity contribution in [1.29, 1.82) is 0 Å². The van der Waals surface area contributed by atoms with E-state index in [0.717, 1.165) is 18.5 Å². The highest BCUT2D eigenvalue weighted by atomic mass is 16.2. The van der Waals surface area contributed by atoms with Crippen molar-refractivity contribution in [2.24, 2.45) is 0 Å². The summed E-state index contributed by atoms with van der Waals surface area (Å²) in [6.45, 7) is 1.35. The largest absolute Gasteiger partial charge is 0.352 e. The first kappa shape index (κ1) is 21.3. The quantitative estimate of drug-likeness (QED) is 0.547. The number of nitrogens with zero attached hydrogens (tertiary/aromatic N) is 2. The third-order valence-corrected chi connectivity index (χ3v) is 5.99. The molecule has 4 nitrogen and oxygen atoms in total. The molecule has 1 saturated carbocycles. The lowest BCUT2D eigenvalue weighted by Crippen LogP contribution is -2.45. The van der Waals surface area contributed by atoms with Gasteiger partial charge in [-0.2, -0.15) is 0 Å². The van der Waals surface area contributed by atoms with Crippen molar-refractivity contribution in [3.05, 3.63) is 102 Å². The van der Waals surface area contributed by atoms with E-state index >= 15 is 0 Å². The van der Waals surface area contributed by atoms with Gasteiger partial charge in [-0.1, -0.05) is 86.0 Å². The Morgan fingerprint density at radius 3 is 1.97 bits per heavy atom. The van der Waals surface area contributed by atoms with Crippen LogP contribution in [0.3, 0.4) is 0 Å². The highest BCUT2D eigenvalue weighted by Crippen LogP contribution is 2.26. The molecule has 0 bridgehead atoms. The van der Waals surface area contributed by atoms with Crippen LogP contribution in [0.4, 0.5) is 0 Å². The van der Waals surface area contributed by atoms with Crippen molar-refractivity contribution in [2.45, 2.75) is 57.3 Å². The van der Waals surface area contributed by atoms with Crippen LogP contribution in [0.2, 0.25) is 0 Å². The average molecular weight is 414 g/mol. The van der Waals surface area contributed by atoms with Crippen LogP contribution in [0.5, 0.6) is 0 Å². The van der Waals surface area contributed by atoms with E-state index in [1.807, 2.05) is 54.6 Å². The fourth-order valence-electron chi connectivity index (χ4n) is 4.43. The Labute approximate surface area is 185 Å². The normalized spacial score (nSPS) is 15.5. The monoisotopic (exact) mass is 413 g/mol. The van der Waals surface area contributed by atoms with Crippen LogP contribution in [0.25, 0.3) is 0 Å². The van der Waals surface area contributed by atoms with Crippen LogP contribution in [-0.4, -0.2) is 21.8 Å². The Morgan fingerprint density at radius 2 is 1.42 bits per heavy atom. The number of nitrogens with one attached hydrogen (secondary N) is 1. The highest BCUT2D eigenvalue weighted by molar-refractivity contribution is 5.83. The fourth-order valence-corrected chi connectivity index (χ4v) is 4.43. The molecule has 4 heteroatoms. The van der Waals surface area contributed by atoms with Gasteiger partial charge in [-0.05, 0) is 36.1 Å². The summed E-state index contributed by atoms with van der Waals surface area (Å²) in [6, 6.07) is 26.4. The molecular weight excluding hydrogens is 382 g/mol. The van der Waals surface area contributed by atoms with Crippen LogP contribution in [0.15, 0.2) is 85.1 Å². The molecule has 0 aliphatic heterocycles. The van der Waals surface area contributed by atoms with E-state index in [-0.39, 0.29) is 11.9 Å². The SMILES string of the molecule is O=C(NC1CCCCC1)C(c1ccccn1)N(Cc1ccccc1)Cc1ccccc1. The average Bonchev–Trinajstić information content (AvgIpc) is 2.82. The van der Waals surface area contributed by atoms with Gasteiger partial charge < -0.3 is 5.32 Å². The van der Waals surface area contributed by atoms with E-state index in [1.165, 1.54) is 30.4 Å². The zero-order valence-corrected chi connectivity index (χ0v) is 18.0. The van der Waals surface area contributed by atoms with Crippen molar-refractivity contribution in [2.75, 3.05) is 0 Å². The molecule has 1 heterocycles. The van der Waals surface area contributed by atoms with Crippen molar-refractivity contribution in [1.82, 2.24) is 15.2 Å². The number of hydrogen-bond donors (Lipinski definition) is 1. The van der Waals surface area contributed by atoms with E-state index in [0.29, 0.717) is 13.1 Å². The molecule has 160 valence electrons. The molecule has 0 radical (unpaired) electrons. The van der Waals surface area contributed by atoms with Gasteiger partial charge in [0.2, 0.25) is 5.91 Å². The molecule has 1 unspecified atom stereocenters. The molecule has 1 N–H and O–H groups in total. The van der Waals surface area contributed by atoms with E-state index in [4.69, 9.17) is 0 Å². The molecule has 1 aliphatic carbocycles. The Morgan fingerprint density at radius 1 is 0.839 bits per heavy atom. The van der Waals surface area contributed by atoms with E-state index in [2.05, 4.69) is 39.5 Å². The third kappa shape index (κ3) is 6.02. The second-order valence-corrected chi connectivity index (χ2v) is 8.38. The summed E-state index contributed by atoms with van der Waals surface area (Å²) in [5.74, 6) is 0.0532. The minimum Gasteiger partial charge on any atom is -0.352 e. The lowest BCUT2D eigenvalue weighted by Gasteiger charge is -2.33. The Balaban J connectivity index is 1.65. The van der Waals surface area contributed by atoms with Gasteiger partial charge in [0.05, 0.1) is 5.69 Å². The number of rotatable bonds is 8. The summed E-state index contributed by atoms with van der Waals surface area (Å²) in [6.07, 6.45) is 7.56. The van der Waals surface area contributed by atoms with E-state index in [9.17, 15) is 4.79 Å². The van der Waals surface area contributed by atoms with Gasteiger partial charge in [0.1, 0.15) is 6.04 Å². The number of amides is 1. The van der Waals surface area contributed by atoms with Gasteiger partial charge in [-0.25, -0.2) is 0 Å². The summed E-state index contributed by atoms with van der Waals surface area (Å²) in [5, 5.41) is 3.35. The van der Waals surface area contributed by atoms with E-state index < -0.39 is 6.04 Å². The number of carbonyl (C=O) groups is 1. The first-order valence-electron chi connectivity index (χ1n) is 11.3. The molecule has 2 aromatic carbocycles. The molecule has 0 saturated heterocycles. The maximum atomic E-state index is 13.6. The maximum absolute atomic E-state index is 13.6. The van der Waals surface area contributed by atoms with Crippen LogP contribution in [0, 0.1) is 0 Å². The van der Waals surface area contributed by atoms with Crippen molar-refractivity contribution >= 4 is 5.91 Å².